The molecule has 1 N–H and O–H groups in total. The molecule has 2 heterocycles. The van der Waals surface area contributed by atoms with Crippen LogP contribution in [0.5, 0.6) is 0 Å². The van der Waals surface area contributed by atoms with Gasteiger partial charge in [0.15, 0.2) is 0 Å². The monoisotopic (exact) mass is 390 g/mol. The Morgan fingerprint density at radius 1 is 1.10 bits per heavy atom. The zero-order valence-corrected chi connectivity index (χ0v) is 15.3. The van der Waals surface area contributed by atoms with E-state index in [4.69, 9.17) is 9.52 Å². The van der Waals surface area contributed by atoms with E-state index in [1.54, 1.807) is 43.3 Å². The normalized spacial score (nSPS) is 15.1. The number of rotatable bonds is 4. The summed E-state index contributed by atoms with van der Waals surface area (Å²) in [7, 11) is 0. The Hall–Kier alpha value is -4.00. The van der Waals surface area contributed by atoms with Gasteiger partial charge in [0.2, 0.25) is 0 Å². The van der Waals surface area contributed by atoms with E-state index in [0.717, 1.165) is 0 Å². The lowest BCUT2D eigenvalue weighted by Gasteiger charge is -2.11. The van der Waals surface area contributed by atoms with Crippen molar-refractivity contribution in [3.8, 4) is 11.3 Å². The van der Waals surface area contributed by atoms with Gasteiger partial charge in [-0.3, -0.25) is 4.79 Å². The van der Waals surface area contributed by atoms with E-state index in [-0.39, 0.29) is 11.5 Å². The Morgan fingerprint density at radius 2 is 1.83 bits per heavy atom. The lowest BCUT2D eigenvalue weighted by Crippen LogP contribution is -2.21. The second-order valence-electron chi connectivity index (χ2n) is 6.39. The number of hydrogen-bond acceptors (Lipinski definition) is 4. The highest BCUT2D eigenvalue weighted by Gasteiger charge is 2.29. The van der Waals surface area contributed by atoms with Crippen molar-refractivity contribution >= 4 is 29.4 Å². The van der Waals surface area contributed by atoms with Crippen LogP contribution in [0.15, 0.2) is 75.8 Å². The first-order valence-electron chi connectivity index (χ1n) is 8.74. The van der Waals surface area contributed by atoms with Crippen molar-refractivity contribution in [2.24, 2.45) is 5.10 Å². The van der Waals surface area contributed by atoms with Gasteiger partial charge in [-0.15, -0.1) is 0 Å². The molecule has 0 atom stereocenters. The number of carbonyl (C=O) groups excluding carboxylic acids is 1. The second kappa shape index (κ2) is 7.20. The number of halogens is 1. The number of amides is 1. The molecule has 1 aromatic heterocycles. The van der Waals surface area contributed by atoms with E-state index >= 15 is 0 Å². The molecule has 0 saturated heterocycles. The summed E-state index contributed by atoms with van der Waals surface area (Å²) < 4.78 is 19.6. The zero-order chi connectivity index (χ0) is 20.5. The smallest absolute Gasteiger partial charge is 0.335 e. The highest BCUT2D eigenvalue weighted by Crippen LogP contribution is 2.28. The predicted octanol–water partition coefficient (Wildman–Crippen LogP) is 4.59. The molecule has 0 fully saturated rings. The molecule has 3 aromatic rings. The summed E-state index contributed by atoms with van der Waals surface area (Å²) in [5, 5.41) is 14.4. The Balaban J connectivity index is 1.61. The third kappa shape index (κ3) is 3.45. The summed E-state index contributed by atoms with van der Waals surface area (Å²) in [4.78, 5) is 23.8. The molecule has 0 aliphatic carbocycles. The number of aromatic carboxylic acids is 1. The molecule has 0 bridgehead atoms. The lowest BCUT2D eigenvalue weighted by molar-refractivity contribution is -0.114. The first-order chi connectivity index (χ1) is 13.9. The van der Waals surface area contributed by atoms with Crippen molar-refractivity contribution < 1.29 is 23.5 Å². The number of carboxylic acid groups (broad SMARTS) is 1. The Morgan fingerprint density at radius 3 is 2.52 bits per heavy atom. The maximum absolute atomic E-state index is 13.9. The number of furan rings is 1. The van der Waals surface area contributed by atoms with Crippen molar-refractivity contribution in [3.05, 3.63) is 83.4 Å². The molecule has 1 amide bonds. The van der Waals surface area contributed by atoms with Gasteiger partial charge in [0.1, 0.15) is 17.3 Å². The van der Waals surface area contributed by atoms with Crippen LogP contribution in [0.1, 0.15) is 23.0 Å². The minimum atomic E-state index is -1.05. The Bertz CT molecular complexity index is 1180. The van der Waals surface area contributed by atoms with Gasteiger partial charge in [-0.1, -0.05) is 12.1 Å². The molecular formula is C22H15FN2O4. The van der Waals surface area contributed by atoms with Crippen molar-refractivity contribution in [2.75, 3.05) is 5.01 Å². The number of hydrazone groups is 1. The lowest BCUT2D eigenvalue weighted by atomic mass is 10.1. The van der Waals surface area contributed by atoms with E-state index < -0.39 is 11.8 Å². The van der Waals surface area contributed by atoms with Crippen LogP contribution in [0.2, 0.25) is 0 Å². The second-order valence-corrected chi connectivity index (χ2v) is 6.39. The average Bonchev–Trinajstić information content (AvgIpc) is 3.28. The summed E-state index contributed by atoms with van der Waals surface area (Å²) in [6.45, 7) is 1.69. The Kier molecular flexibility index (Phi) is 4.56. The molecule has 29 heavy (non-hydrogen) atoms. The fourth-order valence-electron chi connectivity index (χ4n) is 2.98. The van der Waals surface area contributed by atoms with E-state index in [1.165, 1.54) is 35.3 Å². The molecule has 6 nitrogen and oxygen atoms in total. The summed E-state index contributed by atoms with van der Waals surface area (Å²) in [6.07, 6.45) is 1.55. The van der Waals surface area contributed by atoms with E-state index in [0.29, 0.717) is 34.1 Å². The number of hydrogen-bond donors (Lipinski definition) is 1. The number of benzene rings is 2. The zero-order valence-electron chi connectivity index (χ0n) is 15.3. The third-order valence-corrected chi connectivity index (χ3v) is 4.47. The van der Waals surface area contributed by atoms with E-state index in [2.05, 4.69) is 5.10 Å². The maximum atomic E-state index is 13.9. The van der Waals surface area contributed by atoms with Crippen LogP contribution in [-0.4, -0.2) is 22.7 Å². The van der Waals surface area contributed by atoms with Gasteiger partial charge in [0, 0.05) is 0 Å². The molecule has 144 valence electrons. The van der Waals surface area contributed by atoms with Crippen molar-refractivity contribution in [1.82, 2.24) is 0 Å². The fraction of sp³-hybridized carbons (Fsp3) is 0.0455. The van der Waals surface area contributed by atoms with Crippen LogP contribution in [0.3, 0.4) is 0 Å². The van der Waals surface area contributed by atoms with Gasteiger partial charge >= 0.3 is 5.97 Å². The van der Waals surface area contributed by atoms with Gasteiger partial charge in [-0.05, 0) is 61.5 Å². The molecule has 4 rings (SSSR count). The number of carboxylic acids is 1. The fourth-order valence-corrected chi connectivity index (χ4v) is 2.98. The standard InChI is InChI=1S/C22H15FN2O4/c1-13-18(12-16-10-11-20(29-16)17-4-2-3-5-19(17)23)21(26)25(24-13)15-8-6-14(7-9-15)22(27)28/h2-12H,1H3,(H,27,28). The molecule has 7 heteroatoms. The molecule has 1 aliphatic heterocycles. The minimum absolute atomic E-state index is 0.119. The highest BCUT2D eigenvalue weighted by molar-refractivity contribution is 6.32. The molecule has 0 radical (unpaired) electrons. The van der Waals surface area contributed by atoms with Crippen molar-refractivity contribution in [1.29, 1.82) is 0 Å². The SMILES string of the molecule is CC1=NN(c2ccc(C(=O)O)cc2)C(=O)C1=Cc1ccc(-c2ccccc2F)o1. The van der Waals surface area contributed by atoms with Gasteiger partial charge in [0.25, 0.3) is 5.91 Å². The van der Waals surface area contributed by atoms with E-state index in [9.17, 15) is 14.0 Å². The van der Waals surface area contributed by atoms with Gasteiger partial charge in [0.05, 0.1) is 28.1 Å². The average molecular weight is 390 g/mol. The van der Waals surface area contributed by atoms with Gasteiger partial charge in [-0.25, -0.2) is 9.18 Å². The maximum Gasteiger partial charge on any atom is 0.335 e. The first kappa shape index (κ1) is 18.4. The third-order valence-electron chi connectivity index (χ3n) is 4.47. The van der Waals surface area contributed by atoms with Crippen molar-refractivity contribution in [2.45, 2.75) is 6.92 Å². The quantitative estimate of drug-likeness (QED) is 0.661. The highest BCUT2D eigenvalue weighted by atomic mass is 19.1. The topological polar surface area (TPSA) is 83.1 Å². The largest absolute Gasteiger partial charge is 0.478 e. The molecule has 0 unspecified atom stereocenters. The Labute approximate surface area is 165 Å². The molecule has 2 aromatic carbocycles. The van der Waals surface area contributed by atoms with Gasteiger partial charge in [-0.2, -0.15) is 10.1 Å². The predicted molar refractivity (Wildman–Crippen MR) is 106 cm³/mol. The molecule has 0 spiro atoms. The summed E-state index contributed by atoms with van der Waals surface area (Å²) in [5.41, 5.74) is 1.73. The summed E-state index contributed by atoms with van der Waals surface area (Å²) >= 11 is 0. The minimum Gasteiger partial charge on any atom is -0.478 e. The number of nitrogens with zero attached hydrogens (tertiary/aromatic N) is 2. The van der Waals surface area contributed by atoms with Gasteiger partial charge < -0.3 is 9.52 Å². The van der Waals surface area contributed by atoms with Crippen LogP contribution in [0, 0.1) is 5.82 Å². The molecule has 0 saturated carbocycles. The van der Waals surface area contributed by atoms with Crippen LogP contribution < -0.4 is 5.01 Å². The van der Waals surface area contributed by atoms with E-state index in [1.807, 2.05) is 0 Å². The number of carbonyl (C=O) groups is 2. The van der Waals surface area contributed by atoms with Crippen LogP contribution >= 0.6 is 0 Å². The summed E-state index contributed by atoms with van der Waals surface area (Å²) in [5.74, 6) is -1.06. The van der Waals surface area contributed by atoms with Crippen LogP contribution in [-0.2, 0) is 4.79 Å². The van der Waals surface area contributed by atoms with Crippen LogP contribution in [0.25, 0.3) is 17.4 Å². The first-order valence-corrected chi connectivity index (χ1v) is 8.74. The van der Waals surface area contributed by atoms with Crippen LogP contribution in [0.4, 0.5) is 10.1 Å². The number of anilines is 1. The van der Waals surface area contributed by atoms with Crippen molar-refractivity contribution in [3.63, 3.8) is 0 Å². The summed E-state index contributed by atoms with van der Waals surface area (Å²) in [6, 6.07) is 15.4. The molecule has 1 aliphatic rings. The molecular weight excluding hydrogens is 375 g/mol.